The molecule has 0 amide bonds. The van der Waals surface area contributed by atoms with Crippen molar-refractivity contribution in [1.82, 2.24) is 0 Å². The van der Waals surface area contributed by atoms with Gasteiger partial charge in [0.25, 0.3) is 0 Å². The van der Waals surface area contributed by atoms with Gasteiger partial charge in [-0.1, -0.05) is 0 Å². The van der Waals surface area contributed by atoms with Crippen LogP contribution >= 0.6 is 0 Å². The van der Waals surface area contributed by atoms with Gasteiger partial charge in [-0.2, -0.15) is 0 Å². The topological polar surface area (TPSA) is 24.7 Å². The van der Waals surface area contributed by atoms with E-state index in [1.54, 1.807) is 0 Å². The van der Waals surface area contributed by atoms with E-state index < -0.39 is 0 Å². The summed E-state index contributed by atoms with van der Waals surface area (Å²) in [5.41, 5.74) is 0. The average Bonchev–Trinajstić information content (AvgIpc) is 1.63. The lowest BCUT2D eigenvalue weighted by Crippen LogP contribution is -1.86. The summed E-state index contributed by atoms with van der Waals surface area (Å²) in [5.74, 6) is 0. The van der Waals surface area contributed by atoms with Crippen LogP contribution in [0.2, 0.25) is 0 Å². The van der Waals surface area contributed by atoms with Crippen molar-refractivity contribution in [1.29, 1.82) is 0 Å². The monoisotopic (exact) mass is 146 g/mol. The van der Waals surface area contributed by atoms with Crippen LogP contribution in [0, 0.1) is 0 Å². The molecule has 0 bridgehead atoms. The Morgan fingerprint density at radius 2 is 1.22 bits per heavy atom. The van der Waals surface area contributed by atoms with Gasteiger partial charge in [0.05, 0.1) is 23.4 Å². The summed E-state index contributed by atoms with van der Waals surface area (Å²) in [6.07, 6.45) is 0. The third-order valence-electron chi connectivity index (χ3n) is 0.516. The van der Waals surface area contributed by atoms with E-state index in [9.17, 15) is 0 Å². The largest absolute Gasteiger partial charge is 0.211 e. The molecule has 0 aromatic carbocycles. The minimum Gasteiger partial charge on any atom is -0.211 e. The molecule has 0 saturated carbocycles. The highest BCUT2D eigenvalue weighted by atomic mass is 32.1. The summed E-state index contributed by atoms with van der Waals surface area (Å²) in [5, 5.41) is 0. The van der Waals surface area contributed by atoms with E-state index in [2.05, 4.69) is 8.73 Å². The molecule has 0 radical (unpaired) electrons. The van der Waals surface area contributed by atoms with Crippen molar-refractivity contribution in [2.24, 2.45) is 8.73 Å². The van der Waals surface area contributed by atoms with E-state index in [-0.39, 0.29) is 0 Å². The third-order valence-corrected chi connectivity index (χ3v) is 1.55. The van der Waals surface area contributed by atoms with Crippen molar-refractivity contribution in [2.45, 2.75) is 39.8 Å². The highest BCUT2D eigenvalue weighted by Crippen LogP contribution is 1.86. The van der Waals surface area contributed by atoms with Gasteiger partial charge >= 0.3 is 0 Å². The summed E-state index contributed by atoms with van der Waals surface area (Å²) in [4.78, 5) is 0. The number of hydrogen-bond acceptors (Lipinski definition) is 2. The van der Waals surface area contributed by atoms with Crippen LogP contribution in [0.25, 0.3) is 0 Å². The van der Waals surface area contributed by atoms with Gasteiger partial charge in [-0.25, -0.2) is 8.73 Å². The Morgan fingerprint density at radius 1 is 0.889 bits per heavy atom. The molecule has 0 aromatic heterocycles. The van der Waals surface area contributed by atoms with Crippen LogP contribution in [0.3, 0.4) is 0 Å². The van der Waals surface area contributed by atoms with E-state index in [1.807, 2.05) is 27.7 Å². The molecule has 0 spiro atoms. The average molecular weight is 146 g/mol. The second kappa shape index (κ2) is 4.68. The van der Waals surface area contributed by atoms with E-state index in [4.69, 9.17) is 0 Å². The van der Waals surface area contributed by atoms with Crippen molar-refractivity contribution in [2.75, 3.05) is 0 Å². The summed E-state index contributed by atoms with van der Waals surface area (Å²) >= 11 is 1.32. The van der Waals surface area contributed by atoms with Crippen LogP contribution in [-0.4, -0.2) is 12.1 Å². The van der Waals surface area contributed by atoms with Gasteiger partial charge in [0.15, 0.2) is 0 Å². The van der Waals surface area contributed by atoms with Crippen molar-refractivity contribution in [3.8, 4) is 0 Å². The Labute approximate surface area is 60.6 Å². The highest BCUT2D eigenvalue weighted by Gasteiger charge is 1.82. The zero-order valence-corrected chi connectivity index (χ0v) is 7.27. The van der Waals surface area contributed by atoms with Gasteiger partial charge in [0.1, 0.15) is 0 Å². The van der Waals surface area contributed by atoms with Crippen LogP contribution in [0.1, 0.15) is 27.7 Å². The molecule has 2 nitrogen and oxygen atoms in total. The van der Waals surface area contributed by atoms with Crippen LogP contribution in [-0.2, 0) is 11.4 Å². The van der Waals surface area contributed by atoms with E-state index >= 15 is 0 Å². The van der Waals surface area contributed by atoms with Crippen LogP contribution in [0.4, 0.5) is 0 Å². The summed E-state index contributed by atoms with van der Waals surface area (Å²) in [6, 6.07) is 0.773. The molecule has 0 saturated heterocycles. The van der Waals surface area contributed by atoms with Crippen molar-refractivity contribution < 1.29 is 0 Å². The molecule has 9 heavy (non-hydrogen) atoms. The van der Waals surface area contributed by atoms with Crippen molar-refractivity contribution in [3.63, 3.8) is 0 Å². The molecule has 0 N–H and O–H groups in total. The van der Waals surface area contributed by atoms with Crippen LogP contribution < -0.4 is 0 Å². The quantitative estimate of drug-likeness (QED) is 0.571. The molecule has 0 fully saturated rings. The zero-order chi connectivity index (χ0) is 7.28. The van der Waals surface area contributed by atoms with Crippen LogP contribution in [0.5, 0.6) is 0 Å². The minimum absolute atomic E-state index is 0.387. The zero-order valence-electron chi connectivity index (χ0n) is 6.46. The van der Waals surface area contributed by atoms with Gasteiger partial charge in [-0.05, 0) is 27.7 Å². The lowest BCUT2D eigenvalue weighted by atomic mass is 10.4. The van der Waals surface area contributed by atoms with E-state index in [1.165, 1.54) is 11.4 Å². The van der Waals surface area contributed by atoms with Gasteiger partial charge in [-0.3, -0.25) is 0 Å². The molecule has 0 rings (SSSR count). The number of hydrogen-bond donors (Lipinski definition) is 0. The fraction of sp³-hybridized carbons (Fsp3) is 1.00. The molecule has 0 aliphatic rings. The molecule has 0 aliphatic carbocycles. The number of rotatable bonds is 2. The summed E-state index contributed by atoms with van der Waals surface area (Å²) in [6.45, 7) is 8.18. The molecule has 0 aliphatic heterocycles. The first-order chi connectivity index (χ1) is 4.13. The van der Waals surface area contributed by atoms with Crippen molar-refractivity contribution >= 4 is 11.4 Å². The molecule has 54 valence electrons. The Balaban J connectivity index is 3.67. The Hall–Kier alpha value is -0.180. The predicted molar refractivity (Wildman–Crippen MR) is 42.5 cm³/mol. The Morgan fingerprint density at radius 3 is 1.44 bits per heavy atom. The smallest absolute Gasteiger partial charge is 0.0583 e. The SMILES string of the molecule is CC(C)N=S=NC(C)C. The first-order valence-corrected chi connectivity index (χ1v) is 3.92. The maximum atomic E-state index is 4.11. The fourth-order valence-corrected chi connectivity index (χ4v) is 0.647. The Kier molecular flexibility index (Phi) is 4.58. The summed E-state index contributed by atoms with van der Waals surface area (Å²) in [7, 11) is 0. The molecule has 0 aromatic rings. The lowest BCUT2D eigenvalue weighted by Gasteiger charge is -1.89. The molecular weight excluding hydrogens is 132 g/mol. The maximum absolute atomic E-state index is 4.11. The highest BCUT2D eigenvalue weighted by molar-refractivity contribution is 7.57. The van der Waals surface area contributed by atoms with Crippen LogP contribution in [0.15, 0.2) is 8.73 Å². The normalized spacial score (nSPS) is 10.0. The second-order valence-corrected chi connectivity index (χ2v) is 3.06. The number of nitrogens with zero attached hydrogens (tertiary/aromatic N) is 2. The second-order valence-electron chi connectivity index (χ2n) is 2.48. The maximum Gasteiger partial charge on any atom is 0.0583 e. The molecule has 0 heterocycles. The molecule has 0 unspecified atom stereocenters. The Bertz CT molecular complexity index is 111. The van der Waals surface area contributed by atoms with Gasteiger partial charge < -0.3 is 0 Å². The molecule has 3 heteroatoms. The first-order valence-electron chi connectivity index (χ1n) is 3.19. The fourth-order valence-electron chi connectivity index (χ4n) is 0.216. The van der Waals surface area contributed by atoms with Gasteiger partial charge in [-0.15, -0.1) is 0 Å². The van der Waals surface area contributed by atoms with Gasteiger partial charge in [0.2, 0.25) is 0 Å². The van der Waals surface area contributed by atoms with E-state index in [0.717, 1.165) is 0 Å². The lowest BCUT2D eigenvalue weighted by molar-refractivity contribution is 0.838. The minimum atomic E-state index is 0.387. The summed E-state index contributed by atoms with van der Waals surface area (Å²) < 4.78 is 8.23. The van der Waals surface area contributed by atoms with Crippen molar-refractivity contribution in [3.05, 3.63) is 0 Å². The predicted octanol–water partition coefficient (Wildman–Crippen LogP) is 2.25. The third kappa shape index (κ3) is 7.82. The van der Waals surface area contributed by atoms with Gasteiger partial charge in [0, 0.05) is 0 Å². The molecule has 0 atom stereocenters. The standard InChI is InChI=1S/C6H14N2S/c1-5(2)7-9-8-6(3)4/h5-6H,1-4H3. The van der Waals surface area contributed by atoms with E-state index in [0.29, 0.717) is 12.1 Å². The first kappa shape index (κ1) is 8.82. The molecular formula is C6H14N2S.